The van der Waals surface area contributed by atoms with Crippen molar-refractivity contribution in [2.45, 2.75) is 19.0 Å². The fourth-order valence-corrected chi connectivity index (χ4v) is 4.85. The van der Waals surface area contributed by atoms with Crippen LogP contribution in [0.25, 0.3) is 5.69 Å². The van der Waals surface area contributed by atoms with E-state index in [1.165, 1.54) is 0 Å². The number of nitrogens with zero attached hydrogens (tertiary/aromatic N) is 6. The van der Waals surface area contributed by atoms with Gasteiger partial charge in [-0.15, -0.1) is 5.10 Å². The number of benzene rings is 2. The molecule has 1 atom stereocenters. The maximum Gasteiger partial charge on any atom is 0.251 e. The number of ether oxygens (including phenoxy) is 3. The van der Waals surface area contributed by atoms with Crippen molar-refractivity contribution in [3.05, 3.63) is 82.9 Å². The lowest BCUT2D eigenvalue weighted by atomic mass is 9.90. The molecule has 0 fully saturated rings. The van der Waals surface area contributed by atoms with E-state index in [0.29, 0.717) is 35.2 Å². The number of hydrogen-bond acceptors (Lipinski definition) is 9. The molecule has 0 bridgehead atoms. The zero-order valence-corrected chi connectivity index (χ0v) is 20.4. The van der Waals surface area contributed by atoms with Gasteiger partial charge in [-0.25, -0.2) is 0 Å². The summed E-state index contributed by atoms with van der Waals surface area (Å²) in [5.74, 6) is 2.39. The van der Waals surface area contributed by atoms with Crippen molar-refractivity contribution < 1.29 is 19.0 Å². The molecule has 11 heteroatoms. The number of carbonyl (C=O) groups is 1. The molecular formula is C26H25N7O4. The molecule has 1 amide bonds. The van der Waals surface area contributed by atoms with Crippen LogP contribution >= 0.6 is 0 Å². The SMILES string of the molecule is COc1c2c(cc3c1C(c1nnnn1-c1ccc(C(=O)NCc4cccnc4)cc1)N(C)CC3)OCO2. The van der Waals surface area contributed by atoms with Crippen LogP contribution in [-0.4, -0.2) is 63.5 Å². The summed E-state index contributed by atoms with van der Waals surface area (Å²) < 4.78 is 18.9. The van der Waals surface area contributed by atoms with E-state index in [1.54, 1.807) is 36.3 Å². The number of likely N-dealkylation sites (N-methyl/N-ethyl adjacent to an activating group) is 1. The number of carbonyl (C=O) groups excluding carboxylic acids is 1. The molecule has 0 saturated heterocycles. The molecule has 0 saturated carbocycles. The van der Waals surface area contributed by atoms with Crippen molar-refractivity contribution in [2.75, 3.05) is 27.5 Å². The molecule has 11 nitrogen and oxygen atoms in total. The molecule has 2 aliphatic heterocycles. The Labute approximate surface area is 213 Å². The first kappa shape index (κ1) is 22.9. The van der Waals surface area contributed by atoms with Crippen molar-refractivity contribution in [1.82, 2.24) is 35.4 Å². The number of amides is 1. The van der Waals surface area contributed by atoms with Crippen LogP contribution in [0.15, 0.2) is 54.9 Å². The molecule has 1 N–H and O–H groups in total. The Morgan fingerprint density at radius 2 is 2.08 bits per heavy atom. The summed E-state index contributed by atoms with van der Waals surface area (Å²) >= 11 is 0. The van der Waals surface area contributed by atoms with Gasteiger partial charge in [0.05, 0.1) is 12.8 Å². The molecule has 37 heavy (non-hydrogen) atoms. The van der Waals surface area contributed by atoms with Crippen LogP contribution < -0.4 is 19.5 Å². The lowest BCUT2D eigenvalue weighted by Gasteiger charge is -2.34. The number of aromatic nitrogens is 5. The lowest BCUT2D eigenvalue weighted by Crippen LogP contribution is -2.35. The fraction of sp³-hybridized carbons (Fsp3) is 0.269. The van der Waals surface area contributed by atoms with Crippen molar-refractivity contribution in [3.63, 3.8) is 0 Å². The van der Waals surface area contributed by atoms with Gasteiger partial charge in [-0.05, 0) is 71.4 Å². The molecule has 6 rings (SSSR count). The second-order valence-corrected chi connectivity index (χ2v) is 8.89. The largest absolute Gasteiger partial charge is 0.492 e. The lowest BCUT2D eigenvalue weighted by molar-refractivity contribution is 0.0951. The second kappa shape index (κ2) is 9.51. The molecular weight excluding hydrogens is 474 g/mol. The summed E-state index contributed by atoms with van der Waals surface area (Å²) in [5, 5.41) is 15.6. The van der Waals surface area contributed by atoms with Gasteiger partial charge in [0.15, 0.2) is 17.3 Å². The Morgan fingerprint density at radius 3 is 2.86 bits per heavy atom. The maximum absolute atomic E-state index is 12.7. The summed E-state index contributed by atoms with van der Waals surface area (Å²) in [6.45, 7) is 1.37. The van der Waals surface area contributed by atoms with Crippen molar-refractivity contribution >= 4 is 5.91 Å². The Hall–Kier alpha value is -4.51. The fourth-order valence-electron chi connectivity index (χ4n) is 4.85. The predicted octanol–water partition coefficient (Wildman–Crippen LogP) is 2.30. The number of rotatable bonds is 6. The number of fused-ring (bicyclic) bond motifs is 2. The summed E-state index contributed by atoms with van der Waals surface area (Å²) in [7, 11) is 3.66. The van der Waals surface area contributed by atoms with Gasteiger partial charge in [-0.1, -0.05) is 6.07 Å². The highest BCUT2D eigenvalue weighted by atomic mass is 16.7. The van der Waals surface area contributed by atoms with Crippen molar-refractivity contribution in [1.29, 1.82) is 0 Å². The number of tetrazole rings is 1. The van der Waals surface area contributed by atoms with E-state index in [0.717, 1.165) is 35.3 Å². The van der Waals surface area contributed by atoms with Crippen molar-refractivity contribution in [3.8, 4) is 22.9 Å². The van der Waals surface area contributed by atoms with Gasteiger partial charge >= 0.3 is 0 Å². The average Bonchev–Trinajstić information content (AvgIpc) is 3.61. The summed E-state index contributed by atoms with van der Waals surface area (Å²) in [4.78, 5) is 18.9. The van der Waals surface area contributed by atoms with E-state index in [4.69, 9.17) is 14.2 Å². The topological polar surface area (TPSA) is 117 Å². The van der Waals surface area contributed by atoms with Gasteiger partial charge in [-0.2, -0.15) is 4.68 Å². The van der Waals surface area contributed by atoms with E-state index >= 15 is 0 Å². The molecule has 4 heterocycles. The highest BCUT2D eigenvalue weighted by molar-refractivity contribution is 5.94. The molecule has 4 aromatic rings. The molecule has 1 unspecified atom stereocenters. The normalized spacial score (nSPS) is 16.3. The Bertz CT molecular complexity index is 1440. The molecule has 2 aliphatic rings. The van der Waals surface area contributed by atoms with Crippen LogP contribution in [0.3, 0.4) is 0 Å². The van der Waals surface area contributed by atoms with Gasteiger partial charge in [0.25, 0.3) is 5.91 Å². The Morgan fingerprint density at radius 1 is 1.22 bits per heavy atom. The molecule has 0 spiro atoms. The van der Waals surface area contributed by atoms with Crippen LogP contribution in [0.4, 0.5) is 0 Å². The van der Waals surface area contributed by atoms with Crippen LogP contribution in [-0.2, 0) is 13.0 Å². The quantitative estimate of drug-likeness (QED) is 0.426. The highest BCUT2D eigenvalue weighted by Gasteiger charge is 2.37. The molecule has 2 aromatic carbocycles. The Balaban J connectivity index is 1.30. The molecule has 2 aromatic heterocycles. The highest BCUT2D eigenvalue weighted by Crippen LogP contribution is 2.50. The number of pyridine rings is 1. The predicted molar refractivity (Wildman–Crippen MR) is 132 cm³/mol. The van der Waals surface area contributed by atoms with Gasteiger partial charge < -0.3 is 19.5 Å². The van der Waals surface area contributed by atoms with Gasteiger partial charge in [0, 0.05) is 36.6 Å². The first-order valence-electron chi connectivity index (χ1n) is 11.9. The average molecular weight is 500 g/mol. The summed E-state index contributed by atoms with van der Waals surface area (Å²) in [5.41, 5.74) is 4.28. The third-order valence-electron chi connectivity index (χ3n) is 6.68. The van der Waals surface area contributed by atoms with Gasteiger partial charge in [0.1, 0.15) is 6.04 Å². The van der Waals surface area contributed by atoms with Gasteiger partial charge in [0.2, 0.25) is 12.5 Å². The van der Waals surface area contributed by atoms with E-state index in [9.17, 15) is 4.79 Å². The molecule has 0 aliphatic carbocycles. The zero-order valence-electron chi connectivity index (χ0n) is 20.4. The van der Waals surface area contributed by atoms with Crippen LogP contribution in [0, 0.1) is 0 Å². The van der Waals surface area contributed by atoms with Crippen LogP contribution in [0.5, 0.6) is 17.2 Å². The van der Waals surface area contributed by atoms with E-state index < -0.39 is 0 Å². The number of methoxy groups -OCH3 is 1. The Kier molecular flexibility index (Phi) is 5.89. The minimum Gasteiger partial charge on any atom is -0.492 e. The third kappa shape index (κ3) is 4.12. The zero-order chi connectivity index (χ0) is 25.4. The maximum atomic E-state index is 12.7. The first-order chi connectivity index (χ1) is 18.1. The second-order valence-electron chi connectivity index (χ2n) is 8.89. The summed E-state index contributed by atoms with van der Waals surface area (Å²) in [6.07, 6.45) is 4.26. The monoisotopic (exact) mass is 499 g/mol. The smallest absolute Gasteiger partial charge is 0.251 e. The first-order valence-corrected chi connectivity index (χ1v) is 11.9. The number of nitrogens with one attached hydrogen (secondary N) is 1. The minimum atomic E-state index is -0.273. The van der Waals surface area contributed by atoms with Crippen LogP contribution in [0.2, 0.25) is 0 Å². The standard InChI is InChI=1S/C26H25N7O4/c1-32-11-9-18-12-20-23(37-15-36-20)24(35-2)21(18)22(32)25-29-30-31-33(25)19-7-5-17(6-8-19)26(34)28-14-16-4-3-10-27-13-16/h3-8,10,12-13,22H,9,11,14-15H2,1-2H3,(H,28,34). The third-order valence-corrected chi connectivity index (χ3v) is 6.68. The molecule has 0 radical (unpaired) electrons. The molecule has 188 valence electrons. The van der Waals surface area contributed by atoms with E-state index in [2.05, 4.69) is 30.7 Å². The van der Waals surface area contributed by atoms with E-state index in [-0.39, 0.29) is 18.7 Å². The number of hydrogen-bond donors (Lipinski definition) is 1. The van der Waals surface area contributed by atoms with Crippen LogP contribution in [0.1, 0.15) is 38.9 Å². The van der Waals surface area contributed by atoms with E-state index in [1.807, 2.05) is 37.4 Å². The summed E-state index contributed by atoms with van der Waals surface area (Å²) in [6, 6.07) is 12.7. The van der Waals surface area contributed by atoms with Crippen molar-refractivity contribution in [2.24, 2.45) is 0 Å². The minimum absolute atomic E-state index is 0.162. The van der Waals surface area contributed by atoms with Gasteiger partial charge in [-0.3, -0.25) is 14.7 Å².